The van der Waals surface area contributed by atoms with Gasteiger partial charge in [0.2, 0.25) is 0 Å². The smallest absolute Gasteiger partial charge is 0.414 e. The number of hydrogen-bond acceptors (Lipinski definition) is 5. The molecule has 0 radical (unpaired) electrons. The maximum absolute atomic E-state index is 12.0. The van der Waals surface area contributed by atoms with Crippen LogP contribution in [0.1, 0.15) is 20.8 Å². The van der Waals surface area contributed by atoms with Crippen LogP contribution < -0.4 is 0 Å². The summed E-state index contributed by atoms with van der Waals surface area (Å²) >= 11 is 3.54. The van der Waals surface area contributed by atoms with Gasteiger partial charge in [-0.15, -0.1) is 0 Å². The second kappa shape index (κ2) is 7.35. The Bertz CT molecular complexity index is 501. The van der Waals surface area contributed by atoms with E-state index >= 15 is 0 Å². The molecule has 6 nitrogen and oxygen atoms in total. The van der Waals surface area contributed by atoms with Crippen LogP contribution in [0.15, 0.2) is 11.8 Å². The molecule has 0 aromatic rings. The van der Waals surface area contributed by atoms with E-state index in [1.165, 1.54) is 19.1 Å². The highest BCUT2D eigenvalue weighted by atomic mass is 79.9. The third-order valence-corrected chi connectivity index (χ3v) is 9.73. The molecule has 1 aliphatic heterocycles. The molecule has 0 aromatic carbocycles. The summed E-state index contributed by atoms with van der Waals surface area (Å²) in [5.41, 5.74) is 0.163. The summed E-state index contributed by atoms with van der Waals surface area (Å²) in [7, 11) is 0.536. The van der Waals surface area contributed by atoms with E-state index in [-0.39, 0.29) is 28.2 Å². The van der Waals surface area contributed by atoms with E-state index in [0.717, 1.165) is 0 Å². The van der Waals surface area contributed by atoms with Gasteiger partial charge in [-0.1, -0.05) is 36.7 Å². The Hall–Kier alpha value is -0.863. The largest absolute Gasteiger partial charge is 0.464 e. The first-order chi connectivity index (χ1) is 10.4. The molecular weight excluding hydrogens is 382 g/mol. The first-order valence-corrected chi connectivity index (χ1v) is 11.2. The Morgan fingerprint density at radius 3 is 2.26 bits per heavy atom. The molecule has 2 atom stereocenters. The van der Waals surface area contributed by atoms with Crippen LogP contribution in [-0.2, 0) is 18.7 Å². The molecule has 1 rings (SSSR count). The van der Waals surface area contributed by atoms with Crippen molar-refractivity contribution < 1.29 is 23.5 Å². The summed E-state index contributed by atoms with van der Waals surface area (Å²) in [5.74, 6) is -0.578. The van der Waals surface area contributed by atoms with Crippen LogP contribution in [0.2, 0.25) is 18.1 Å². The zero-order chi connectivity index (χ0) is 18.0. The van der Waals surface area contributed by atoms with E-state index in [2.05, 4.69) is 49.8 Å². The lowest BCUT2D eigenvalue weighted by Crippen LogP contribution is -2.53. The average molecular weight is 408 g/mol. The standard InChI is InChI=1S/C15H26BrNO5Si/c1-15(2,3)23(6,7)22-12-9-17(14(19)21-5)11(8-10(12)16)13(18)20-4/h8,10,12H,9H2,1-7H3/t10-,12-/m1/s1. The van der Waals surface area contributed by atoms with Crippen molar-refractivity contribution in [1.82, 2.24) is 4.90 Å². The molecule has 0 N–H and O–H groups in total. The molecule has 0 aromatic heterocycles. The van der Waals surface area contributed by atoms with Gasteiger partial charge in [-0.2, -0.15) is 0 Å². The van der Waals surface area contributed by atoms with E-state index in [4.69, 9.17) is 13.9 Å². The number of nitrogens with zero attached hydrogens (tertiary/aromatic N) is 1. The van der Waals surface area contributed by atoms with Crippen LogP contribution in [0.3, 0.4) is 0 Å². The molecule has 0 unspecified atom stereocenters. The molecule has 0 fully saturated rings. The zero-order valence-corrected chi connectivity index (χ0v) is 17.4. The predicted molar refractivity (Wildman–Crippen MR) is 94.0 cm³/mol. The summed E-state index contributed by atoms with van der Waals surface area (Å²) in [6.07, 6.45) is 0.776. The predicted octanol–water partition coefficient (Wildman–Crippen LogP) is 3.28. The van der Waals surface area contributed by atoms with Gasteiger partial charge in [0.25, 0.3) is 0 Å². The van der Waals surface area contributed by atoms with Gasteiger partial charge in [-0.25, -0.2) is 9.59 Å². The third kappa shape index (κ3) is 4.57. The second-order valence-electron chi connectivity index (χ2n) is 6.99. The van der Waals surface area contributed by atoms with Gasteiger partial charge in [0.15, 0.2) is 8.32 Å². The van der Waals surface area contributed by atoms with E-state index in [9.17, 15) is 9.59 Å². The summed E-state index contributed by atoms with van der Waals surface area (Å²) in [5, 5.41) is 0.0438. The Labute approximate surface area is 147 Å². The molecular formula is C15H26BrNO5Si. The highest BCUT2D eigenvalue weighted by Crippen LogP contribution is 2.39. The average Bonchev–Trinajstić information content (AvgIpc) is 2.45. The molecule has 0 saturated heterocycles. The van der Waals surface area contributed by atoms with E-state index in [1.807, 2.05) is 0 Å². The second-order valence-corrected chi connectivity index (χ2v) is 12.8. The number of carbonyl (C=O) groups is 2. The monoisotopic (exact) mass is 407 g/mol. The summed E-state index contributed by atoms with van der Waals surface area (Å²) < 4.78 is 15.9. The molecule has 0 bridgehead atoms. The molecule has 0 aliphatic carbocycles. The Kier molecular flexibility index (Phi) is 6.45. The summed E-state index contributed by atoms with van der Waals surface area (Å²) in [6, 6.07) is 0. The van der Waals surface area contributed by atoms with Gasteiger partial charge in [-0.05, 0) is 24.2 Å². The molecule has 132 valence electrons. The van der Waals surface area contributed by atoms with Crippen LogP contribution in [0.4, 0.5) is 4.79 Å². The van der Waals surface area contributed by atoms with Crippen molar-refractivity contribution in [1.29, 1.82) is 0 Å². The van der Waals surface area contributed by atoms with Crippen molar-refractivity contribution in [2.45, 2.75) is 49.8 Å². The Balaban J connectivity index is 3.09. The first kappa shape index (κ1) is 20.2. The number of amides is 1. The lowest BCUT2D eigenvalue weighted by molar-refractivity contribution is -0.138. The molecule has 1 heterocycles. The first-order valence-electron chi connectivity index (χ1n) is 7.42. The zero-order valence-electron chi connectivity index (χ0n) is 14.8. The molecule has 0 spiro atoms. The number of rotatable bonds is 3. The highest BCUT2D eigenvalue weighted by Gasteiger charge is 2.43. The van der Waals surface area contributed by atoms with Gasteiger partial charge < -0.3 is 13.9 Å². The van der Waals surface area contributed by atoms with Crippen molar-refractivity contribution in [3.05, 3.63) is 11.8 Å². The minimum absolute atomic E-state index is 0.0438. The van der Waals surface area contributed by atoms with Gasteiger partial charge in [-0.3, -0.25) is 4.90 Å². The lowest BCUT2D eigenvalue weighted by Gasteiger charge is -2.42. The topological polar surface area (TPSA) is 65.1 Å². The molecule has 0 saturated carbocycles. The van der Waals surface area contributed by atoms with Crippen molar-refractivity contribution in [3.8, 4) is 0 Å². The minimum atomic E-state index is -2.02. The van der Waals surface area contributed by atoms with Crippen LogP contribution >= 0.6 is 15.9 Å². The molecule has 1 amide bonds. The number of ether oxygens (including phenoxy) is 2. The highest BCUT2D eigenvalue weighted by molar-refractivity contribution is 9.09. The van der Waals surface area contributed by atoms with Crippen molar-refractivity contribution in [3.63, 3.8) is 0 Å². The quantitative estimate of drug-likeness (QED) is 0.407. The third-order valence-electron chi connectivity index (χ3n) is 4.37. The number of halogens is 1. The fourth-order valence-electron chi connectivity index (χ4n) is 1.95. The SMILES string of the molecule is COC(=O)C1=C[C@@H](Br)[C@H](O[Si](C)(C)C(C)(C)C)CN1C(=O)OC. The van der Waals surface area contributed by atoms with Crippen LogP contribution in [0.5, 0.6) is 0 Å². The minimum Gasteiger partial charge on any atom is -0.464 e. The number of hydrogen-bond donors (Lipinski definition) is 0. The van der Waals surface area contributed by atoms with Crippen LogP contribution in [0, 0.1) is 0 Å². The number of alkyl halides is 1. The summed E-state index contributed by atoms with van der Waals surface area (Å²) in [6.45, 7) is 11.0. The fourth-order valence-corrected chi connectivity index (χ4v) is 4.01. The number of esters is 1. The van der Waals surface area contributed by atoms with Crippen LogP contribution in [0.25, 0.3) is 0 Å². The normalized spacial score (nSPS) is 22.4. The summed E-state index contributed by atoms with van der Waals surface area (Å²) in [4.78, 5) is 25.0. The lowest BCUT2D eigenvalue weighted by atomic mass is 10.1. The molecule has 1 aliphatic rings. The maximum Gasteiger partial charge on any atom is 0.414 e. The Morgan fingerprint density at radius 1 is 1.26 bits per heavy atom. The Morgan fingerprint density at radius 2 is 1.83 bits per heavy atom. The number of carbonyl (C=O) groups excluding carboxylic acids is 2. The van der Waals surface area contributed by atoms with E-state index < -0.39 is 20.4 Å². The van der Waals surface area contributed by atoms with E-state index in [0.29, 0.717) is 0 Å². The van der Waals surface area contributed by atoms with Crippen molar-refractivity contribution in [2.24, 2.45) is 0 Å². The van der Waals surface area contributed by atoms with Crippen molar-refractivity contribution >= 4 is 36.3 Å². The van der Waals surface area contributed by atoms with Gasteiger partial charge in [0.1, 0.15) is 5.70 Å². The maximum atomic E-state index is 12.0. The fraction of sp³-hybridized carbons (Fsp3) is 0.733. The molecule has 8 heteroatoms. The van der Waals surface area contributed by atoms with Crippen LogP contribution in [-0.4, -0.2) is 57.0 Å². The van der Waals surface area contributed by atoms with E-state index in [1.54, 1.807) is 6.08 Å². The van der Waals surface area contributed by atoms with Gasteiger partial charge in [0.05, 0.1) is 31.7 Å². The molecule has 23 heavy (non-hydrogen) atoms. The number of methoxy groups -OCH3 is 2. The van der Waals surface area contributed by atoms with Crippen molar-refractivity contribution in [2.75, 3.05) is 20.8 Å². The van der Waals surface area contributed by atoms with Gasteiger partial charge in [0, 0.05) is 0 Å². The van der Waals surface area contributed by atoms with Gasteiger partial charge >= 0.3 is 12.1 Å².